The van der Waals surface area contributed by atoms with Gasteiger partial charge in [-0.1, -0.05) is 48.5 Å². The largest absolute Gasteiger partial charge is 0.386 e. The fraction of sp³-hybridized carbons (Fsp3) is 0.238. The standard InChI is InChI=1S/C21H27N7.2ClH/c1-14(26-13-20(22)23)18-9-5-16(6-10-18)3-4-17-7-11-19(12-8-17)15(2)27-28-21(24)25;;/h5-12H,3-4,13H2,1-2H3,(H3,22,23)(H4,24,25,28);2*1H/b26-14?,27-15+;;. The van der Waals surface area contributed by atoms with Gasteiger partial charge in [-0.3, -0.25) is 10.4 Å². The molecular weight excluding hydrogens is 421 g/mol. The number of hydrogen-bond donors (Lipinski definition) is 4. The highest BCUT2D eigenvalue weighted by Gasteiger charge is 2.02. The summed E-state index contributed by atoms with van der Waals surface area (Å²) in [7, 11) is 0. The predicted octanol–water partition coefficient (Wildman–Crippen LogP) is 3.06. The fourth-order valence-electron chi connectivity index (χ4n) is 2.60. The Morgan fingerprint density at radius 2 is 1.17 bits per heavy atom. The van der Waals surface area contributed by atoms with Crippen molar-refractivity contribution in [3.63, 3.8) is 0 Å². The Kier molecular flexibility index (Phi) is 12.1. The summed E-state index contributed by atoms with van der Waals surface area (Å²) < 4.78 is 0. The smallest absolute Gasteiger partial charge is 0.211 e. The first-order valence-corrected chi connectivity index (χ1v) is 9.01. The van der Waals surface area contributed by atoms with E-state index < -0.39 is 0 Å². The van der Waals surface area contributed by atoms with Crippen molar-refractivity contribution in [2.45, 2.75) is 26.7 Å². The van der Waals surface area contributed by atoms with E-state index >= 15 is 0 Å². The van der Waals surface area contributed by atoms with E-state index in [4.69, 9.17) is 22.6 Å². The van der Waals surface area contributed by atoms with E-state index in [-0.39, 0.29) is 43.2 Å². The third kappa shape index (κ3) is 9.07. The van der Waals surface area contributed by atoms with Crippen molar-refractivity contribution in [1.29, 1.82) is 5.41 Å². The van der Waals surface area contributed by atoms with Gasteiger partial charge >= 0.3 is 0 Å². The Bertz CT molecular complexity index is 898. The highest BCUT2D eigenvalue weighted by Crippen LogP contribution is 2.12. The minimum Gasteiger partial charge on any atom is -0.386 e. The van der Waals surface area contributed by atoms with Crippen LogP contribution in [0.5, 0.6) is 0 Å². The molecule has 0 aliphatic heterocycles. The summed E-state index contributed by atoms with van der Waals surface area (Å²) in [5.41, 5.74) is 22.1. The topological polar surface area (TPSA) is 139 Å². The van der Waals surface area contributed by atoms with E-state index in [1.807, 2.05) is 26.0 Å². The molecule has 0 bridgehead atoms. The molecule has 0 heterocycles. The predicted molar refractivity (Wildman–Crippen MR) is 132 cm³/mol. The molecule has 9 heteroatoms. The monoisotopic (exact) mass is 449 g/mol. The van der Waals surface area contributed by atoms with Gasteiger partial charge in [-0.15, -0.1) is 29.9 Å². The molecule has 0 aromatic heterocycles. The highest BCUT2D eigenvalue weighted by atomic mass is 35.5. The number of halogens is 2. The number of nitrogens with two attached hydrogens (primary N) is 3. The van der Waals surface area contributed by atoms with Crippen LogP contribution in [0.4, 0.5) is 0 Å². The van der Waals surface area contributed by atoms with Gasteiger partial charge in [0.25, 0.3) is 0 Å². The summed E-state index contributed by atoms with van der Waals surface area (Å²) in [5, 5.41) is 14.9. The summed E-state index contributed by atoms with van der Waals surface area (Å²) in [4.78, 5) is 4.30. The SMILES string of the molecule is CC(=NCC(=N)N)c1ccc(CCc2ccc(/C(C)=N/N=C(N)N)cc2)cc1.Cl.Cl. The molecule has 30 heavy (non-hydrogen) atoms. The summed E-state index contributed by atoms with van der Waals surface area (Å²) in [6.07, 6.45) is 1.89. The number of aliphatic imine (C=N–C) groups is 1. The van der Waals surface area contributed by atoms with Crippen LogP contribution in [0.25, 0.3) is 0 Å². The first kappa shape index (κ1) is 27.1. The van der Waals surface area contributed by atoms with Gasteiger partial charge in [0.1, 0.15) is 5.84 Å². The van der Waals surface area contributed by atoms with Crippen LogP contribution in [0.3, 0.4) is 0 Å². The number of rotatable bonds is 8. The molecule has 0 amide bonds. The number of aryl methyl sites for hydroxylation is 2. The van der Waals surface area contributed by atoms with Crippen molar-refractivity contribution in [1.82, 2.24) is 0 Å². The molecule has 0 atom stereocenters. The van der Waals surface area contributed by atoms with E-state index in [1.54, 1.807) is 0 Å². The molecule has 0 aliphatic carbocycles. The van der Waals surface area contributed by atoms with Crippen LogP contribution < -0.4 is 17.2 Å². The van der Waals surface area contributed by atoms with E-state index in [1.165, 1.54) is 11.1 Å². The number of nitrogens with zero attached hydrogens (tertiary/aromatic N) is 3. The van der Waals surface area contributed by atoms with Gasteiger partial charge in [0.15, 0.2) is 0 Å². The third-order valence-corrected chi connectivity index (χ3v) is 4.25. The van der Waals surface area contributed by atoms with Crippen molar-refractivity contribution in [2.24, 2.45) is 32.4 Å². The number of guanidine groups is 1. The van der Waals surface area contributed by atoms with Crippen LogP contribution in [0, 0.1) is 5.41 Å². The zero-order chi connectivity index (χ0) is 20.5. The van der Waals surface area contributed by atoms with Crippen LogP contribution in [0.2, 0.25) is 0 Å². The zero-order valence-electron chi connectivity index (χ0n) is 17.1. The van der Waals surface area contributed by atoms with Crippen LogP contribution in [0.1, 0.15) is 36.1 Å². The quantitative estimate of drug-likeness (QED) is 0.279. The normalized spacial score (nSPS) is 11.1. The summed E-state index contributed by atoms with van der Waals surface area (Å²) in [6, 6.07) is 16.6. The average molecular weight is 450 g/mol. The molecule has 0 saturated carbocycles. The lowest BCUT2D eigenvalue weighted by Gasteiger charge is -2.06. The fourth-order valence-corrected chi connectivity index (χ4v) is 2.60. The molecule has 162 valence electrons. The van der Waals surface area contributed by atoms with Gasteiger partial charge < -0.3 is 17.2 Å². The van der Waals surface area contributed by atoms with Gasteiger partial charge in [-0.05, 0) is 48.9 Å². The number of nitrogens with one attached hydrogen (secondary N) is 1. The molecule has 2 aromatic carbocycles. The lowest BCUT2D eigenvalue weighted by Crippen LogP contribution is -2.22. The second kappa shape index (κ2) is 13.3. The molecule has 0 saturated heterocycles. The molecule has 0 unspecified atom stereocenters. The second-order valence-electron chi connectivity index (χ2n) is 6.53. The minimum absolute atomic E-state index is 0. The Labute approximate surface area is 189 Å². The molecule has 2 aromatic rings. The van der Waals surface area contributed by atoms with E-state index in [0.717, 1.165) is 35.4 Å². The van der Waals surface area contributed by atoms with Crippen LogP contribution in [0.15, 0.2) is 63.7 Å². The van der Waals surface area contributed by atoms with Crippen molar-refractivity contribution >= 4 is 48.0 Å². The second-order valence-corrected chi connectivity index (χ2v) is 6.53. The van der Waals surface area contributed by atoms with Gasteiger partial charge in [-0.2, -0.15) is 5.10 Å². The Morgan fingerprint density at radius 1 is 0.733 bits per heavy atom. The molecule has 0 aliphatic rings. The molecule has 0 spiro atoms. The van der Waals surface area contributed by atoms with Crippen LogP contribution >= 0.6 is 24.8 Å². The molecule has 0 radical (unpaired) electrons. The van der Waals surface area contributed by atoms with E-state index in [9.17, 15) is 0 Å². The maximum atomic E-state index is 7.24. The lowest BCUT2D eigenvalue weighted by molar-refractivity contribution is 0.960. The van der Waals surface area contributed by atoms with Crippen LogP contribution in [-0.4, -0.2) is 29.8 Å². The highest BCUT2D eigenvalue weighted by molar-refractivity contribution is 6.00. The summed E-state index contributed by atoms with van der Waals surface area (Å²) >= 11 is 0. The molecule has 0 fully saturated rings. The Morgan fingerprint density at radius 3 is 1.57 bits per heavy atom. The lowest BCUT2D eigenvalue weighted by atomic mass is 10.0. The summed E-state index contributed by atoms with van der Waals surface area (Å²) in [5.74, 6) is 0.0157. The van der Waals surface area contributed by atoms with Gasteiger partial charge in [0, 0.05) is 5.71 Å². The number of amidine groups is 1. The van der Waals surface area contributed by atoms with Crippen molar-refractivity contribution < 1.29 is 0 Å². The molecular formula is C21H29Cl2N7. The first-order chi connectivity index (χ1) is 13.3. The number of hydrogen-bond acceptors (Lipinski definition) is 4. The van der Waals surface area contributed by atoms with E-state index in [2.05, 4.69) is 51.6 Å². The Balaban J connectivity index is 0.00000420. The van der Waals surface area contributed by atoms with Gasteiger partial charge in [0.2, 0.25) is 5.96 Å². The van der Waals surface area contributed by atoms with Crippen molar-refractivity contribution in [2.75, 3.05) is 6.54 Å². The summed E-state index contributed by atoms with van der Waals surface area (Å²) in [6.45, 7) is 4.03. The molecule has 2 rings (SSSR count). The van der Waals surface area contributed by atoms with Crippen molar-refractivity contribution in [3.05, 3.63) is 70.8 Å². The maximum absolute atomic E-state index is 7.24. The van der Waals surface area contributed by atoms with Gasteiger partial charge in [-0.25, -0.2) is 0 Å². The maximum Gasteiger partial charge on any atom is 0.211 e. The van der Waals surface area contributed by atoms with Gasteiger partial charge in [0.05, 0.1) is 12.3 Å². The zero-order valence-corrected chi connectivity index (χ0v) is 18.8. The molecule has 7 N–H and O–H groups in total. The van der Waals surface area contributed by atoms with E-state index in [0.29, 0.717) is 0 Å². The number of benzene rings is 2. The third-order valence-electron chi connectivity index (χ3n) is 4.25. The van der Waals surface area contributed by atoms with Crippen molar-refractivity contribution in [3.8, 4) is 0 Å². The molecule has 7 nitrogen and oxygen atoms in total. The average Bonchev–Trinajstić information content (AvgIpc) is 2.69. The van der Waals surface area contributed by atoms with Crippen LogP contribution in [-0.2, 0) is 12.8 Å². The Hall–Kier alpha value is -2.90. The minimum atomic E-state index is -0.0534. The first-order valence-electron chi connectivity index (χ1n) is 9.01.